The number of alkyl halides is 6. The zero-order valence-corrected chi connectivity index (χ0v) is 37.3. The zero-order chi connectivity index (χ0) is 49.0. The Morgan fingerprint density at radius 1 is 0.706 bits per heavy atom. The van der Waals surface area contributed by atoms with Crippen molar-refractivity contribution in [1.82, 2.24) is 9.80 Å². The van der Waals surface area contributed by atoms with Gasteiger partial charge in [-0.05, 0) is 71.3 Å². The van der Waals surface area contributed by atoms with E-state index in [-0.39, 0.29) is 66.9 Å². The highest BCUT2D eigenvalue weighted by atomic mass is 19.4. The average Bonchev–Trinajstić information content (AvgIpc) is 4.03. The zero-order valence-electron chi connectivity index (χ0n) is 37.3. The van der Waals surface area contributed by atoms with Gasteiger partial charge in [0.05, 0.1) is 80.5 Å². The van der Waals surface area contributed by atoms with Crippen molar-refractivity contribution in [2.24, 2.45) is 11.5 Å². The predicted octanol–water partition coefficient (Wildman–Crippen LogP) is 8.07. The number of nitrogen functional groups attached to an aromatic ring is 1. The number of nitrogens with two attached hydrogens (primary N) is 3. The molecular weight excluding hydrogens is 891 g/mol. The Bertz CT molecular complexity index is 2670. The Labute approximate surface area is 389 Å². The van der Waals surface area contributed by atoms with Gasteiger partial charge < -0.3 is 47.2 Å². The summed E-state index contributed by atoms with van der Waals surface area (Å²) in [6.07, 6.45) is -6.14. The topological polar surface area (TPSA) is 180 Å². The summed E-state index contributed by atoms with van der Waals surface area (Å²) in [6.45, 7) is 2.03. The van der Waals surface area contributed by atoms with Crippen LogP contribution in [-0.2, 0) is 26.7 Å². The van der Waals surface area contributed by atoms with Crippen LogP contribution in [0.1, 0.15) is 65.6 Å². The second kappa shape index (κ2) is 20.2. The minimum atomic E-state index is -4.59. The van der Waals surface area contributed by atoms with Crippen molar-refractivity contribution >= 4 is 40.4 Å². The lowest BCUT2D eigenvalue weighted by atomic mass is 9.97. The van der Waals surface area contributed by atoms with Gasteiger partial charge in [-0.25, -0.2) is 0 Å². The third-order valence-electron chi connectivity index (χ3n) is 12.5. The van der Waals surface area contributed by atoms with Crippen LogP contribution in [-0.4, -0.2) is 90.0 Å². The molecule has 0 aromatic heterocycles. The van der Waals surface area contributed by atoms with E-state index in [2.05, 4.69) is 16.4 Å². The molecule has 12 nitrogen and oxygen atoms in total. The summed E-state index contributed by atoms with van der Waals surface area (Å²) in [5, 5.41) is 15.6. The van der Waals surface area contributed by atoms with Crippen molar-refractivity contribution in [3.05, 3.63) is 159 Å². The number of carbonyl (C=O) groups excluding carboxylic acids is 2. The summed E-state index contributed by atoms with van der Waals surface area (Å²) in [7, 11) is 1.97. The number of nitrogens with zero attached hydrogens (tertiary/aromatic N) is 3. The monoisotopic (exact) mass is 943 g/mol. The van der Waals surface area contributed by atoms with Gasteiger partial charge in [-0.2, -0.15) is 26.3 Å². The smallest absolute Gasteiger partial charge is 0.416 e. The van der Waals surface area contributed by atoms with Gasteiger partial charge >= 0.3 is 18.3 Å². The Hall–Kier alpha value is -6.85. The molecule has 4 aromatic carbocycles. The SMILES string of the molecule is C[N+](CCCC(=O)O)(CCCN1CC(Nc2cccc(C(F)(F)F)c2)=C([C@H](N)c2ccc(N)cc2)C1=O)CCCN1CC(Nc2cccc(C(F)(F)F)c2)=C([C@H](N)c2ccc(C3=C=C3)cc2)C1=O. The van der Waals surface area contributed by atoms with Crippen molar-refractivity contribution in [2.45, 2.75) is 50.1 Å². The number of hydrogen-bond acceptors (Lipinski definition) is 8. The number of allylic oxidation sites excluding steroid dienone is 1. The highest BCUT2D eigenvalue weighted by Gasteiger charge is 2.38. The molecule has 18 heteroatoms. The Balaban J connectivity index is 1.04. The molecule has 9 N–H and O–H groups in total. The van der Waals surface area contributed by atoms with E-state index in [1.165, 1.54) is 24.3 Å². The summed E-state index contributed by atoms with van der Waals surface area (Å²) in [4.78, 5) is 43.1. The first-order valence-electron chi connectivity index (χ1n) is 22.1. The highest BCUT2D eigenvalue weighted by molar-refractivity contribution is 6.00. The summed E-state index contributed by atoms with van der Waals surface area (Å²) in [5.74, 6) is -1.71. The minimum absolute atomic E-state index is 0.0423. The number of anilines is 3. The quantitative estimate of drug-likeness (QED) is 0.0209. The number of halogens is 6. The summed E-state index contributed by atoms with van der Waals surface area (Å²) in [5.41, 5.74) is 25.6. The van der Waals surface area contributed by atoms with Gasteiger partial charge in [0.2, 0.25) is 0 Å². The van der Waals surface area contributed by atoms with Gasteiger partial charge in [-0.1, -0.05) is 48.5 Å². The molecule has 1 unspecified atom stereocenters. The van der Waals surface area contributed by atoms with E-state index in [0.717, 1.165) is 35.4 Å². The van der Waals surface area contributed by atoms with Gasteiger partial charge in [0.1, 0.15) is 0 Å². The van der Waals surface area contributed by atoms with Crippen LogP contribution in [0.15, 0.2) is 131 Å². The molecule has 0 fully saturated rings. The first-order chi connectivity index (χ1) is 32.2. The van der Waals surface area contributed by atoms with Crippen LogP contribution in [0.3, 0.4) is 0 Å². The molecule has 7 rings (SSSR count). The molecule has 3 aliphatic rings. The fourth-order valence-electron chi connectivity index (χ4n) is 8.75. The number of benzene rings is 4. The molecule has 4 aromatic rings. The first-order valence-corrected chi connectivity index (χ1v) is 22.1. The number of carbonyl (C=O) groups is 3. The van der Waals surface area contributed by atoms with E-state index < -0.39 is 41.5 Å². The Morgan fingerprint density at radius 3 is 1.54 bits per heavy atom. The lowest BCUT2D eigenvalue weighted by molar-refractivity contribution is -0.910. The van der Waals surface area contributed by atoms with Crippen LogP contribution in [0.4, 0.5) is 43.4 Å². The summed E-state index contributed by atoms with van der Waals surface area (Å²) < 4.78 is 82.3. The number of quaternary nitrogens is 1. The van der Waals surface area contributed by atoms with E-state index in [9.17, 15) is 45.8 Å². The van der Waals surface area contributed by atoms with Gasteiger partial charge in [0.15, 0.2) is 0 Å². The van der Waals surface area contributed by atoms with Crippen molar-refractivity contribution in [3.63, 3.8) is 0 Å². The predicted molar refractivity (Wildman–Crippen MR) is 247 cm³/mol. The van der Waals surface area contributed by atoms with Crippen LogP contribution in [0, 0.1) is 0 Å². The van der Waals surface area contributed by atoms with Crippen molar-refractivity contribution in [3.8, 4) is 0 Å². The van der Waals surface area contributed by atoms with Crippen LogP contribution < -0.4 is 27.8 Å². The molecule has 3 atom stereocenters. The molecule has 1 aliphatic carbocycles. The molecule has 0 spiro atoms. The third-order valence-corrected chi connectivity index (χ3v) is 12.5. The maximum absolute atomic E-state index is 14.2. The molecule has 2 amide bonds. The minimum Gasteiger partial charge on any atom is -0.481 e. The number of nitrogens with one attached hydrogen (secondary N) is 2. The Morgan fingerprint density at radius 2 is 1.13 bits per heavy atom. The van der Waals surface area contributed by atoms with Crippen molar-refractivity contribution < 1.29 is 50.3 Å². The standard InChI is InChI=1S/C50H52F6N8O4/c1-64(24-4-11-42(65)66,26-6-23-63-30-41(61-39-10-3-8-36(28-39)50(54,55)56)44(48(63)68)46(59)34-18-20-37(57)21-19-34)25-5-22-62-29-40(60-38-9-2-7-35(27-38)49(51,52)53)43(47(62)67)45(58)33-16-14-32(15-17-33)31-12-13-31/h2-3,7-10,12,14-21,27-28,45-46H,4-6,11,22-26,29-30,57-59H2,1H3,(H2-,60,61,65,66,67,68)/p+1/t45-,46-,64?/m1/s1. The van der Waals surface area contributed by atoms with E-state index in [4.69, 9.17) is 17.2 Å². The fraction of sp³-hybridized carbons (Fsp3) is 0.320. The van der Waals surface area contributed by atoms with Crippen LogP contribution in [0.25, 0.3) is 5.57 Å². The molecule has 2 aliphatic heterocycles. The van der Waals surface area contributed by atoms with Crippen LogP contribution in [0.2, 0.25) is 0 Å². The Kier molecular flexibility index (Phi) is 14.6. The molecule has 0 bridgehead atoms. The van der Waals surface area contributed by atoms with E-state index in [0.29, 0.717) is 71.6 Å². The summed E-state index contributed by atoms with van der Waals surface area (Å²) >= 11 is 0. The molecule has 0 radical (unpaired) electrons. The fourth-order valence-corrected chi connectivity index (χ4v) is 8.75. The highest BCUT2D eigenvalue weighted by Crippen LogP contribution is 2.36. The van der Waals surface area contributed by atoms with E-state index in [1.54, 1.807) is 46.2 Å². The average molecular weight is 944 g/mol. The normalized spacial score (nSPS) is 16.9. The second-order valence-corrected chi connectivity index (χ2v) is 17.6. The second-order valence-electron chi connectivity index (χ2n) is 17.6. The van der Waals surface area contributed by atoms with Gasteiger partial charge in [-0.3, -0.25) is 14.4 Å². The lowest BCUT2D eigenvalue weighted by Crippen LogP contribution is -2.48. The van der Waals surface area contributed by atoms with E-state index >= 15 is 0 Å². The van der Waals surface area contributed by atoms with E-state index in [1.807, 2.05) is 25.3 Å². The van der Waals surface area contributed by atoms with Crippen molar-refractivity contribution in [1.29, 1.82) is 0 Å². The largest absolute Gasteiger partial charge is 0.481 e. The van der Waals surface area contributed by atoms with Gasteiger partial charge in [0.25, 0.3) is 11.8 Å². The van der Waals surface area contributed by atoms with Crippen LogP contribution >= 0.6 is 0 Å². The summed E-state index contributed by atoms with van der Waals surface area (Å²) in [6, 6.07) is 21.5. The van der Waals surface area contributed by atoms with Crippen LogP contribution in [0.5, 0.6) is 0 Å². The number of amides is 2. The first kappa shape index (κ1) is 49.1. The molecule has 0 saturated heterocycles. The number of rotatable bonds is 21. The maximum atomic E-state index is 14.2. The molecule has 358 valence electrons. The molecule has 68 heavy (non-hydrogen) atoms. The molecule has 0 saturated carbocycles. The number of hydrogen-bond donors (Lipinski definition) is 6. The third kappa shape index (κ3) is 12.0. The number of aliphatic carboxylic acids is 1. The molecule has 2 heterocycles. The van der Waals surface area contributed by atoms with Crippen molar-refractivity contribution in [2.75, 3.05) is 69.2 Å². The van der Waals surface area contributed by atoms with Gasteiger partial charge in [0, 0.05) is 66.4 Å². The number of carboxylic acid groups (broad SMARTS) is 1. The number of carboxylic acids is 1. The lowest BCUT2D eigenvalue weighted by Gasteiger charge is -2.36. The van der Waals surface area contributed by atoms with Gasteiger partial charge in [-0.15, -0.1) is 5.73 Å². The molecular formula is C50H53F6N8O4+. The maximum Gasteiger partial charge on any atom is 0.416 e.